The lowest BCUT2D eigenvalue weighted by molar-refractivity contribution is 0.237. The first-order chi connectivity index (χ1) is 10.3. The molecule has 4 rings (SSSR count). The fraction of sp³-hybridized carbons (Fsp3) is 0.118. The molecule has 1 atom stereocenters. The molecule has 0 amide bonds. The van der Waals surface area contributed by atoms with E-state index in [1.165, 1.54) is 0 Å². The van der Waals surface area contributed by atoms with Gasteiger partial charge in [0.2, 0.25) is 0 Å². The third-order valence-corrected chi connectivity index (χ3v) is 4.55. The second-order valence-electron chi connectivity index (χ2n) is 5.14. The minimum atomic E-state index is -0.668. The van der Waals surface area contributed by atoms with Crippen LogP contribution < -0.4 is 0 Å². The molecule has 0 aliphatic carbocycles. The average molecular weight is 341 g/mol. The van der Waals surface area contributed by atoms with Crippen LogP contribution in [0.15, 0.2) is 59.1 Å². The van der Waals surface area contributed by atoms with Gasteiger partial charge < -0.3 is 9.67 Å². The van der Waals surface area contributed by atoms with Crippen LogP contribution in [0.25, 0.3) is 16.6 Å². The summed E-state index contributed by atoms with van der Waals surface area (Å²) in [4.78, 5) is 4.69. The fourth-order valence-electron chi connectivity index (χ4n) is 2.86. The first-order valence-electron chi connectivity index (χ1n) is 6.83. The van der Waals surface area contributed by atoms with Gasteiger partial charge in [-0.2, -0.15) is 0 Å². The van der Waals surface area contributed by atoms with Crippen LogP contribution in [0.2, 0.25) is 0 Å². The van der Waals surface area contributed by atoms with Gasteiger partial charge in [0.05, 0.1) is 17.6 Å². The van der Waals surface area contributed by atoms with Crippen LogP contribution in [0.4, 0.5) is 0 Å². The lowest BCUT2D eigenvalue weighted by atomic mass is 10.0. The van der Waals surface area contributed by atoms with Crippen molar-refractivity contribution in [2.75, 3.05) is 0 Å². The molecule has 2 heterocycles. The molecule has 1 unspecified atom stereocenters. The number of aromatic nitrogens is 2. The number of aliphatic hydroxyl groups excluding tert-OH is 1. The fourth-order valence-corrected chi connectivity index (χ4v) is 3.50. The van der Waals surface area contributed by atoms with Gasteiger partial charge in [-0.15, -0.1) is 0 Å². The van der Waals surface area contributed by atoms with Gasteiger partial charge >= 0.3 is 0 Å². The monoisotopic (exact) mass is 340 g/mol. The van der Waals surface area contributed by atoms with E-state index in [-0.39, 0.29) is 0 Å². The van der Waals surface area contributed by atoms with Gasteiger partial charge in [0.1, 0.15) is 11.9 Å². The number of fused-ring (bicyclic) bond motifs is 3. The minimum absolute atomic E-state index is 0.668. The van der Waals surface area contributed by atoms with Crippen LogP contribution in [-0.4, -0.2) is 14.7 Å². The zero-order chi connectivity index (χ0) is 14.4. The van der Waals surface area contributed by atoms with E-state index in [0.29, 0.717) is 0 Å². The Morgan fingerprint density at radius 2 is 1.76 bits per heavy atom. The number of halogens is 1. The first kappa shape index (κ1) is 12.8. The summed E-state index contributed by atoms with van der Waals surface area (Å²) in [7, 11) is 0. The Bertz CT molecular complexity index is 852. The second-order valence-corrected chi connectivity index (χ2v) is 6.10. The van der Waals surface area contributed by atoms with Crippen molar-refractivity contribution in [1.82, 2.24) is 9.55 Å². The molecule has 0 spiro atoms. The number of imidazole rings is 1. The number of aliphatic hydroxyl groups is 1. The molecule has 0 saturated carbocycles. The lowest BCUT2D eigenvalue weighted by Gasteiger charge is -2.12. The highest BCUT2D eigenvalue weighted by Crippen LogP contribution is 2.41. The van der Waals surface area contributed by atoms with Crippen LogP contribution in [0, 0.1) is 0 Å². The highest BCUT2D eigenvalue weighted by Gasteiger charge is 2.29. The van der Waals surface area contributed by atoms with Crippen LogP contribution in [-0.2, 0) is 6.54 Å². The Labute approximate surface area is 130 Å². The number of allylic oxidation sites excluding steroid dienone is 1. The molecule has 104 valence electrons. The third-order valence-electron chi connectivity index (χ3n) is 3.87. The molecule has 0 bridgehead atoms. The third kappa shape index (κ3) is 1.94. The van der Waals surface area contributed by atoms with Crippen LogP contribution in [0.1, 0.15) is 17.5 Å². The van der Waals surface area contributed by atoms with E-state index in [9.17, 15) is 5.11 Å². The summed E-state index contributed by atoms with van der Waals surface area (Å²) in [6.07, 6.45) is -0.668. The Morgan fingerprint density at radius 3 is 2.57 bits per heavy atom. The second kappa shape index (κ2) is 4.83. The molecule has 1 aromatic heterocycles. The van der Waals surface area contributed by atoms with Gasteiger partial charge in [-0.25, -0.2) is 4.98 Å². The van der Waals surface area contributed by atoms with Gasteiger partial charge in [0.15, 0.2) is 0 Å². The highest BCUT2D eigenvalue weighted by atomic mass is 79.9. The molecule has 0 fully saturated rings. The van der Waals surface area contributed by atoms with E-state index in [4.69, 9.17) is 0 Å². The van der Waals surface area contributed by atoms with Crippen molar-refractivity contribution in [3.8, 4) is 0 Å². The zero-order valence-corrected chi connectivity index (χ0v) is 12.8. The maximum Gasteiger partial charge on any atom is 0.141 e. The van der Waals surface area contributed by atoms with E-state index in [1.807, 2.05) is 48.5 Å². The lowest BCUT2D eigenvalue weighted by Crippen LogP contribution is -2.02. The van der Waals surface area contributed by atoms with Gasteiger partial charge in [0.25, 0.3) is 0 Å². The Hall–Kier alpha value is -1.91. The number of hydrogen-bond donors (Lipinski definition) is 1. The zero-order valence-electron chi connectivity index (χ0n) is 11.2. The van der Waals surface area contributed by atoms with Crippen molar-refractivity contribution < 1.29 is 5.11 Å². The van der Waals surface area contributed by atoms with Crippen LogP contribution in [0.3, 0.4) is 0 Å². The number of hydrogen-bond acceptors (Lipinski definition) is 2. The van der Waals surface area contributed by atoms with Crippen molar-refractivity contribution in [3.05, 3.63) is 70.5 Å². The molecule has 1 N–H and O–H groups in total. The summed E-state index contributed by atoms with van der Waals surface area (Å²) in [5.74, 6) is 0.847. The maximum atomic E-state index is 10.7. The summed E-state index contributed by atoms with van der Waals surface area (Å²) in [5.41, 5.74) is 3.80. The van der Waals surface area contributed by atoms with Crippen LogP contribution in [0.5, 0.6) is 0 Å². The van der Waals surface area contributed by atoms with Gasteiger partial charge in [0, 0.05) is 10.1 Å². The van der Waals surface area contributed by atoms with Crippen molar-refractivity contribution >= 4 is 32.5 Å². The van der Waals surface area contributed by atoms with Crippen molar-refractivity contribution in [1.29, 1.82) is 0 Å². The van der Waals surface area contributed by atoms with E-state index in [1.54, 1.807) is 0 Å². The molecule has 3 aromatic rings. The molecular formula is C17H13BrN2O. The topological polar surface area (TPSA) is 38.0 Å². The summed E-state index contributed by atoms with van der Waals surface area (Å²) in [6, 6.07) is 17.7. The maximum absolute atomic E-state index is 10.7. The molecule has 1 aliphatic heterocycles. The number of para-hydroxylation sites is 2. The smallest absolute Gasteiger partial charge is 0.141 e. The average Bonchev–Trinajstić information content (AvgIpc) is 3.02. The Balaban J connectivity index is 1.86. The summed E-state index contributed by atoms with van der Waals surface area (Å²) >= 11 is 3.61. The first-order valence-corrected chi connectivity index (χ1v) is 7.62. The quantitative estimate of drug-likeness (QED) is 0.768. The van der Waals surface area contributed by atoms with Gasteiger partial charge in [-0.05, 0) is 17.7 Å². The number of rotatable bonds is 2. The summed E-state index contributed by atoms with van der Waals surface area (Å²) in [5, 5.41) is 10.7. The van der Waals surface area contributed by atoms with Crippen LogP contribution >= 0.6 is 15.9 Å². The highest BCUT2D eigenvalue weighted by molar-refractivity contribution is 9.11. The predicted octanol–water partition coefficient (Wildman–Crippen LogP) is 3.89. The van der Waals surface area contributed by atoms with Gasteiger partial charge in [-0.3, -0.25) is 0 Å². The largest absolute Gasteiger partial charge is 0.383 e. The molecule has 4 heteroatoms. The van der Waals surface area contributed by atoms with E-state index >= 15 is 0 Å². The molecule has 1 aliphatic rings. The van der Waals surface area contributed by atoms with E-state index < -0.39 is 6.10 Å². The SMILES string of the molecule is OC(C1=C(Br)Cn2c1nc1ccccc12)c1ccccc1. The molecule has 0 saturated heterocycles. The Kier molecular flexibility index (Phi) is 2.94. The molecule has 21 heavy (non-hydrogen) atoms. The molecule has 2 aromatic carbocycles. The number of benzene rings is 2. The summed E-state index contributed by atoms with van der Waals surface area (Å²) < 4.78 is 3.13. The van der Waals surface area contributed by atoms with Crippen molar-refractivity contribution in [2.45, 2.75) is 12.6 Å². The molecular weight excluding hydrogens is 328 g/mol. The van der Waals surface area contributed by atoms with Crippen molar-refractivity contribution in [2.24, 2.45) is 0 Å². The molecule has 0 radical (unpaired) electrons. The minimum Gasteiger partial charge on any atom is -0.383 e. The molecule has 3 nitrogen and oxygen atoms in total. The van der Waals surface area contributed by atoms with Gasteiger partial charge in [-0.1, -0.05) is 58.4 Å². The summed E-state index contributed by atoms with van der Waals surface area (Å²) in [6.45, 7) is 0.717. The number of nitrogens with zero attached hydrogens (tertiary/aromatic N) is 2. The predicted molar refractivity (Wildman–Crippen MR) is 87.0 cm³/mol. The van der Waals surface area contributed by atoms with E-state index in [2.05, 4.69) is 31.5 Å². The Morgan fingerprint density at radius 1 is 1.05 bits per heavy atom. The van der Waals surface area contributed by atoms with Crippen molar-refractivity contribution in [3.63, 3.8) is 0 Å². The standard InChI is InChI=1S/C17H13BrN2O/c18-12-10-20-14-9-5-4-8-13(14)19-17(20)15(12)16(21)11-6-2-1-3-7-11/h1-9,16,21H,10H2. The normalized spacial score (nSPS) is 15.5. The van der Waals surface area contributed by atoms with E-state index in [0.717, 1.165) is 39.0 Å².